The lowest BCUT2D eigenvalue weighted by atomic mass is 9.45. The van der Waals surface area contributed by atoms with Crippen LogP contribution in [-0.4, -0.2) is 24.8 Å². The Morgan fingerprint density at radius 3 is 2.38 bits per heavy atom. The van der Waals surface area contributed by atoms with Crippen LogP contribution in [0.25, 0.3) is 0 Å². The fraction of sp³-hybridized carbons (Fsp3) is 0.870. The standard InChI is InChI=1S/C23H34O3/c1-20(2)18-6-5-15-16(21(18,3)10-9-19(20)24)7-11-22(4)17(15)8-12-23(22)25-13-14-26-23/h6,15-17H,5,7-14H2,1-4H3/t15-,16+,17+,21+,22-/m0/s1. The molecule has 0 radical (unpaired) electrons. The van der Waals surface area contributed by atoms with Crippen LogP contribution in [0.1, 0.15) is 72.6 Å². The lowest BCUT2D eigenvalue weighted by Gasteiger charge is -2.60. The molecule has 4 fully saturated rings. The van der Waals surface area contributed by atoms with Gasteiger partial charge in [-0.25, -0.2) is 0 Å². The second kappa shape index (κ2) is 5.23. The number of Topliss-reactive ketones (excluding diaryl/α,β-unsaturated/α-hetero) is 1. The molecule has 0 aromatic rings. The van der Waals surface area contributed by atoms with Gasteiger partial charge in [-0.05, 0) is 69.1 Å². The Labute approximate surface area is 157 Å². The van der Waals surface area contributed by atoms with Crippen LogP contribution < -0.4 is 0 Å². The molecule has 0 unspecified atom stereocenters. The molecule has 3 saturated carbocycles. The van der Waals surface area contributed by atoms with Crippen LogP contribution >= 0.6 is 0 Å². The van der Waals surface area contributed by atoms with Crippen molar-refractivity contribution in [2.75, 3.05) is 13.2 Å². The molecule has 5 rings (SSSR count). The van der Waals surface area contributed by atoms with Crippen molar-refractivity contribution in [1.29, 1.82) is 0 Å². The highest BCUT2D eigenvalue weighted by Crippen LogP contribution is 2.69. The van der Waals surface area contributed by atoms with Gasteiger partial charge in [-0.3, -0.25) is 4.79 Å². The quantitative estimate of drug-likeness (QED) is 0.578. The van der Waals surface area contributed by atoms with Crippen molar-refractivity contribution >= 4 is 5.78 Å². The minimum absolute atomic E-state index is 0.159. The van der Waals surface area contributed by atoms with E-state index in [-0.39, 0.29) is 22.0 Å². The number of fused-ring (bicyclic) bond motifs is 6. The summed E-state index contributed by atoms with van der Waals surface area (Å²) in [5.41, 5.74) is 1.54. The fourth-order valence-corrected chi connectivity index (χ4v) is 8.10. The lowest BCUT2D eigenvalue weighted by Crippen LogP contribution is -2.56. The Morgan fingerprint density at radius 1 is 0.962 bits per heavy atom. The van der Waals surface area contributed by atoms with Gasteiger partial charge in [0.25, 0.3) is 0 Å². The van der Waals surface area contributed by atoms with E-state index in [1.165, 1.54) is 24.8 Å². The summed E-state index contributed by atoms with van der Waals surface area (Å²) in [5, 5.41) is 0. The van der Waals surface area contributed by atoms with E-state index in [1.807, 2.05) is 0 Å². The smallest absolute Gasteiger partial charge is 0.174 e. The lowest BCUT2D eigenvalue weighted by molar-refractivity contribution is -0.242. The van der Waals surface area contributed by atoms with Gasteiger partial charge < -0.3 is 9.47 Å². The van der Waals surface area contributed by atoms with Crippen molar-refractivity contribution in [3.63, 3.8) is 0 Å². The summed E-state index contributed by atoms with van der Waals surface area (Å²) in [5.74, 6) is 2.25. The summed E-state index contributed by atoms with van der Waals surface area (Å²) in [6.45, 7) is 10.8. The molecule has 3 nitrogen and oxygen atoms in total. The Kier molecular flexibility index (Phi) is 3.50. The zero-order chi connectivity index (χ0) is 18.4. The molecule has 5 aliphatic rings. The third kappa shape index (κ3) is 1.90. The summed E-state index contributed by atoms with van der Waals surface area (Å²) in [4.78, 5) is 12.6. The highest BCUT2D eigenvalue weighted by molar-refractivity contribution is 5.89. The topological polar surface area (TPSA) is 35.5 Å². The maximum Gasteiger partial charge on any atom is 0.174 e. The van der Waals surface area contributed by atoms with Gasteiger partial charge in [-0.2, -0.15) is 0 Å². The summed E-state index contributed by atoms with van der Waals surface area (Å²) >= 11 is 0. The number of ether oxygens (including phenoxy) is 2. The second-order valence-electron chi connectivity index (χ2n) is 10.6. The summed E-state index contributed by atoms with van der Waals surface area (Å²) in [6, 6.07) is 0. The largest absolute Gasteiger partial charge is 0.347 e. The Bertz CT molecular complexity index is 671. The van der Waals surface area contributed by atoms with Gasteiger partial charge in [-0.15, -0.1) is 0 Å². The third-order valence-electron chi connectivity index (χ3n) is 9.50. The number of hydrogen-bond donors (Lipinski definition) is 0. The maximum atomic E-state index is 12.6. The first-order valence-corrected chi connectivity index (χ1v) is 10.8. The van der Waals surface area contributed by atoms with E-state index in [2.05, 4.69) is 33.8 Å². The van der Waals surface area contributed by atoms with E-state index >= 15 is 0 Å². The Hall–Kier alpha value is -0.670. The van der Waals surface area contributed by atoms with Crippen LogP contribution in [0.15, 0.2) is 11.6 Å². The average molecular weight is 359 g/mol. The van der Waals surface area contributed by atoms with E-state index in [9.17, 15) is 4.79 Å². The number of carbonyl (C=O) groups excluding carboxylic acids is 1. The highest BCUT2D eigenvalue weighted by Gasteiger charge is 2.67. The van der Waals surface area contributed by atoms with Gasteiger partial charge >= 0.3 is 0 Å². The molecule has 0 aromatic heterocycles. The molecule has 4 aliphatic carbocycles. The molecule has 0 amide bonds. The SMILES string of the molecule is CC1(C)C(=O)CC[C@@]2(C)C1=CC[C@H]1[C@H]2CC[C@@]2(C)[C@@H]1CCC21OCCO1. The minimum Gasteiger partial charge on any atom is -0.347 e. The molecule has 3 heteroatoms. The van der Waals surface area contributed by atoms with Crippen LogP contribution in [0.5, 0.6) is 0 Å². The molecule has 1 aliphatic heterocycles. The summed E-state index contributed by atoms with van der Waals surface area (Å²) in [6.07, 6.45) is 10.2. The maximum absolute atomic E-state index is 12.6. The van der Waals surface area contributed by atoms with Gasteiger partial charge in [0.15, 0.2) is 5.79 Å². The first-order chi connectivity index (χ1) is 12.2. The van der Waals surface area contributed by atoms with Crippen molar-refractivity contribution in [3.8, 4) is 0 Å². The van der Waals surface area contributed by atoms with Gasteiger partial charge in [0, 0.05) is 23.7 Å². The molecule has 0 aromatic carbocycles. The number of carbonyl (C=O) groups is 1. The van der Waals surface area contributed by atoms with Crippen molar-refractivity contribution in [3.05, 3.63) is 11.6 Å². The Balaban J connectivity index is 1.53. The number of ketones is 1. The van der Waals surface area contributed by atoms with E-state index in [4.69, 9.17) is 9.47 Å². The van der Waals surface area contributed by atoms with E-state index < -0.39 is 0 Å². The molecule has 26 heavy (non-hydrogen) atoms. The van der Waals surface area contributed by atoms with Gasteiger partial charge in [0.2, 0.25) is 0 Å². The van der Waals surface area contributed by atoms with Gasteiger partial charge in [0.1, 0.15) is 5.78 Å². The van der Waals surface area contributed by atoms with Gasteiger partial charge in [0.05, 0.1) is 13.2 Å². The summed E-state index contributed by atoms with van der Waals surface area (Å²) < 4.78 is 12.5. The zero-order valence-electron chi connectivity index (χ0n) is 16.9. The summed E-state index contributed by atoms with van der Waals surface area (Å²) in [7, 11) is 0. The molecule has 5 atom stereocenters. The number of hydrogen-bond acceptors (Lipinski definition) is 3. The normalized spacial score (nSPS) is 48.7. The number of rotatable bonds is 0. The van der Waals surface area contributed by atoms with Crippen LogP contribution in [0.3, 0.4) is 0 Å². The molecular weight excluding hydrogens is 324 g/mol. The molecule has 1 heterocycles. The monoisotopic (exact) mass is 358 g/mol. The van der Waals surface area contributed by atoms with Crippen molar-refractivity contribution in [2.24, 2.45) is 34.0 Å². The molecule has 0 N–H and O–H groups in total. The van der Waals surface area contributed by atoms with E-state index in [0.29, 0.717) is 17.6 Å². The average Bonchev–Trinajstić information content (AvgIpc) is 3.18. The Morgan fingerprint density at radius 2 is 1.65 bits per heavy atom. The zero-order valence-corrected chi connectivity index (χ0v) is 16.9. The first-order valence-electron chi connectivity index (χ1n) is 10.8. The predicted octanol–water partition coefficient (Wildman–Crippen LogP) is 4.90. The molecule has 1 saturated heterocycles. The van der Waals surface area contributed by atoms with Crippen LogP contribution in [-0.2, 0) is 14.3 Å². The predicted molar refractivity (Wildman–Crippen MR) is 101 cm³/mol. The fourth-order valence-electron chi connectivity index (χ4n) is 8.10. The first kappa shape index (κ1) is 17.4. The van der Waals surface area contributed by atoms with Crippen LogP contribution in [0.4, 0.5) is 0 Å². The molecule has 0 bridgehead atoms. The molecule has 1 spiro atoms. The number of allylic oxidation sites excluding steroid dienone is 2. The van der Waals surface area contributed by atoms with E-state index in [1.54, 1.807) is 0 Å². The van der Waals surface area contributed by atoms with Crippen molar-refractivity contribution in [1.82, 2.24) is 0 Å². The molecule has 144 valence electrons. The van der Waals surface area contributed by atoms with Crippen molar-refractivity contribution in [2.45, 2.75) is 78.4 Å². The van der Waals surface area contributed by atoms with E-state index in [0.717, 1.165) is 44.8 Å². The van der Waals surface area contributed by atoms with Crippen LogP contribution in [0.2, 0.25) is 0 Å². The third-order valence-corrected chi connectivity index (χ3v) is 9.50. The van der Waals surface area contributed by atoms with Gasteiger partial charge in [-0.1, -0.05) is 25.5 Å². The highest BCUT2D eigenvalue weighted by atomic mass is 16.7. The van der Waals surface area contributed by atoms with Crippen molar-refractivity contribution < 1.29 is 14.3 Å². The second-order valence-corrected chi connectivity index (χ2v) is 10.6. The van der Waals surface area contributed by atoms with Crippen LogP contribution in [0, 0.1) is 34.0 Å². The molecular formula is C23H34O3. The minimum atomic E-state index is -0.310.